The molecule has 0 spiro atoms. The first-order chi connectivity index (χ1) is 7.85. The van der Waals surface area contributed by atoms with E-state index < -0.39 is 0 Å². The summed E-state index contributed by atoms with van der Waals surface area (Å²) in [6, 6.07) is 4.23. The number of carbonyl (C=O) groups is 1. The average molecular weight is 221 g/mol. The minimum atomic E-state index is 0.425. The molecule has 3 nitrogen and oxygen atoms in total. The Labute approximate surface area is 96.4 Å². The fraction of sp³-hybridized carbons (Fsp3) is 0.615. The van der Waals surface area contributed by atoms with Crippen LogP contribution in [0.4, 0.5) is 5.88 Å². The Bertz CT molecular complexity index is 345. The molecule has 1 atom stereocenters. The van der Waals surface area contributed by atoms with Crippen molar-refractivity contribution in [2.24, 2.45) is 0 Å². The normalized spacial score (nSPS) is 21.8. The molecule has 0 amide bonds. The maximum Gasteiger partial charge on any atom is 0.196 e. The van der Waals surface area contributed by atoms with Crippen LogP contribution in [-0.2, 0) is 0 Å². The first kappa shape index (κ1) is 11.2. The lowest BCUT2D eigenvalue weighted by Crippen LogP contribution is -2.33. The zero-order chi connectivity index (χ0) is 11.4. The lowest BCUT2D eigenvalue weighted by atomic mass is 10.1. The molecule has 1 aromatic rings. The van der Waals surface area contributed by atoms with Gasteiger partial charge in [-0.3, -0.25) is 4.79 Å². The average Bonchev–Trinajstić information content (AvgIpc) is 2.66. The Morgan fingerprint density at radius 2 is 2.31 bits per heavy atom. The quantitative estimate of drug-likeness (QED) is 0.735. The number of anilines is 1. The topological polar surface area (TPSA) is 33.5 Å². The van der Waals surface area contributed by atoms with Crippen LogP contribution < -0.4 is 4.90 Å². The van der Waals surface area contributed by atoms with Crippen LogP contribution in [-0.4, -0.2) is 18.9 Å². The highest BCUT2D eigenvalue weighted by atomic mass is 16.4. The molecule has 16 heavy (non-hydrogen) atoms. The van der Waals surface area contributed by atoms with Gasteiger partial charge in [-0.05, 0) is 25.3 Å². The maximum atomic E-state index is 10.6. The van der Waals surface area contributed by atoms with Gasteiger partial charge in [0.25, 0.3) is 0 Å². The van der Waals surface area contributed by atoms with E-state index in [2.05, 4.69) is 11.8 Å². The number of rotatable bonds is 3. The molecule has 0 aliphatic carbocycles. The third kappa shape index (κ3) is 2.29. The second kappa shape index (κ2) is 5.19. The van der Waals surface area contributed by atoms with Gasteiger partial charge in [0.15, 0.2) is 17.9 Å². The minimum Gasteiger partial charge on any atom is -0.438 e. The molecule has 0 bridgehead atoms. The molecule has 2 heterocycles. The molecule has 2 rings (SSSR count). The summed E-state index contributed by atoms with van der Waals surface area (Å²) < 4.78 is 5.52. The molecule has 0 aromatic carbocycles. The zero-order valence-corrected chi connectivity index (χ0v) is 9.82. The number of nitrogens with zero attached hydrogens (tertiary/aromatic N) is 1. The van der Waals surface area contributed by atoms with Gasteiger partial charge in [-0.2, -0.15) is 0 Å². The van der Waals surface area contributed by atoms with Crippen molar-refractivity contribution in [3.8, 4) is 0 Å². The molecule has 1 aliphatic rings. The third-order valence-corrected chi connectivity index (χ3v) is 3.36. The van der Waals surface area contributed by atoms with E-state index in [0.717, 1.165) is 25.1 Å². The van der Waals surface area contributed by atoms with Gasteiger partial charge in [-0.25, -0.2) is 0 Å². The van der Waals surface area contributed by atoms with Gasteiger partial charge >= 0.3 is 0 Å². The van der Waals surface area contributed by atoms with E-state index in [1.165, 1.54) is 25.7 Å². The number of aldehydes is 1. The lowest BCUT2D eigenvalue weighted by Gasteiger charge is -2.28. The van der Waals surface area contributed by atoms with Crippen LogP contribution >= 0.6 is 0 Å². The summed E-state index contributed by atoms with van der Waals surface area (Å²) in [6.07, 6.45) is 6.95. The summed E-state index contributed by atoms with van der Waals surface area (Å²) in [6.45, 7) is 3.26. The summed E-state index contributed by atoms with van der Waals surface area (Å²) in [5.41, 5.74) is 0. The standard InChI is InChI=1S/C13H19NO2/c1-2-11-6-4-3-5-9-14(11)13-8-7-12(10-15)16-13/h7-8,10-11H,2-6,9H2,1H3. The molecule has 88 valence electrons. The second-order valence-corrected chi connectivity index (χ2v) is 4.40. The van der Waals surface area contributed by atoms with Crippen molar-refractivity contribution < 1.29 is 9.21 Å². The number of hydrogen-bond acceptors (Lipinski definition) is 3. The van der Waals surface area contributed by atoms with E-state index >= 15 is 0 Å². The number of carbonyl (C=O) groups excluding carboxylic acids is 1. The van der Waals surface area contributed by atoms with Gasteiger partial charge in [-0.15, -0.1) is 0 Å². The zero-order valence-electron chi connectivity index (χ0n) is 9.82. The van der Waals surface area contributed by atoms with Crippen molar-refractivity contribution in [1.29, 1.82) is 0 Å². The summed E-state index contributed by atoms with van der Waals surface area (Å²) in [5, 5.41) is 0. The van der Waals surface area contributed by atoms with Gasteiger partial charge < -0.3 is 9.32 Å². The third-order valence-electron chi connectivity index (χ3n) is 3.36. The number of hydrogen-bond donors (Lipinski definition) is 0. The van der Waals surface area contributed by atoms with Crippen LogP contribution in [0.15, 0.2) is 16.5 Å². The summed E-state index contributed by atoms with van der Waals surface area (Å²) in [5.74, 6) is 1.28. The van der Waals surface area contributed by atoms with Crippen LogP contribution in [0.2, 0.25) is 0 Å². The Morgan fingerprint density at radius 3 is 3.00 bits per heavy atom. The van der Waals surface area contributed by atoms with Crippen LogP contribution in [0.1, 0.15) is 49.6 Å². The van der Waals surface area contributed by atoms with E-state index in [-0.39, 0.29) is 0 Å². The Hall–Kier alpha value is -1.25. The summed E-state index contributed by atoms with van der Waals surface area (Å²) in [4.78, 5) is 12.9. The van der Waals surface area contributed by atoms with Gasteiger partial charge in [0.05, 0.1) is 0 Å². The van der Waals surface area contributed by atoms with Gasteiger partial charge in [0, 0.05) is 18.7 Å². The molecule has 1 fully saturated rings. The molecule has 1 aliphatic heterocycles. The number of furan rings is 1. The van der Waals surface area contributed by atoms with Gasteiger partial charge in [0.2, 0.25) is 0 Å². The molecule has 0 N–H and O–H groups in total. The lowest BCUT2D eigenvalue weighted by molar-refractivity contribution is 0.110. The van der Waals surface area contributed by atoms with E-state index in [9.17, 15) is 4.79 Å². The highest BCUT2D eigenvalue weighted by molar-refractivity contribution is 5.71. The predicted octanol–water partition coefficient (Wildman–Crippen LogP) is 3.25. The second-order valence-electron chi connectivity index (χ2n) is 4.40. The van der Waals surface area contributed by atoms with Crippen LogP contribution in [0.3, 0.4) is 0 Å². The monoisotopic (exact) mass is 221 g/mol. The molecule has 0 saturated carbocycles. The highest BCUT2D eigenvalue weighted by Gasteiger charge is 2.21. The molecule has 3 heteroatoms. The first-order valence-electron chi connectivity index (χ1n) is 6.16. The van der Waals surface area contributed by atoms with Gasteiger partial charge in [-0.1, -0.05) is 19.8 Å². The Balaban J connectivity index is 2.17. The fourth-order valence-electron chi connectivity index (χ4n) is 2.45. The Kier molecular flexibility index (Phi) is 3.65. The predicted molar refractivity (Wildman–Crippen MR) is 64.0 cm³/mol. The van der Waals surface area contributed by atoms with Crippen molar-refractivity contribution in [2.45, 2.75) is 45.1 Å². The first-order valence-corrected chi connectivity index (χ1v) is 6.16. The SMILES string of the molecule is CCC1CCCCCN1c1ccc(C=O)o1. The van der Waals surface area contributed by atoms with Crippen LogP contribution in [0.5, 0.6) is 0 Å². The van der Waals surface area contributed by atoms with E-state index in [4.69, 9.17) is 4.42 Å². The summed E-state index contributed by atoms with van der Waals surface area (Å²) in [7, 11) is 0. The molecule has 1 aromatic heterocycles. The van der Waals surface area contributed by atoms with E-state index in [1.807, 2.05) is 6.07 Å². The van der Waals surface area contributed by atoms with E-state index in [0.29, 0.717) is 11.8 Å². The molecule has 0 radical (unpaired) electrons. The van der Waals surface area contributed by atoms with E-state index in [1.54, 1.807) is 6.07 Å². The highest BCUT2D eigenvalue weighted by Crippen LogP contribution is 2.27. The summed E-state index contributed by atoms with van der Waals surface area (Å²) >= 11 is 0. The molecule has 1 unspecified atom stereocenters. The van der Waals surface area contributed by atoms with Crippen LogP contribution in [0.25, 0.3) is 0 Å². The van der Waals surface area contributed by atoms with Crippen molar-refractivity contribution in [2.75, 3.05) is 11.4 Å². The largest absolute Gasteiger partial charge is 0.438 e. The fourth-order valence-corrected chi connectivity index (χ4v) is 2.45. The maximum absolute atomic E-state index is 10.6. The smallest absolute Gasteiger partial charge is 0.196 e. The molecular weight excluding hydrogens is 202 g/mol. The Morgan fingerprint density at radius 1 is 1.44 bits per heavy atom. The van der Waals surface area contributed by atoms with Crippen molar-refractivity contribution in [1.82, 2.24) is 0 Å². The van der Waals surface area contributed by atoms with Crippen LogP contribution in [0, 0.1) is 0 Å². The van der Waals surface area contributed by atoms with Crippen molar-refractivity contribution >= 4 is 12.2 Å². The van der Waals surface area contributed by atoms with Gasteiger partial charge in [0.1, 0.15) is 0 Å². The van der Waals surface area contributed by atoms with Crippen molar-refractivity contribution in [3.05, 3.63) is 17.9 Å². The molecular formula is C13H19NO2. The molecule has 1 saturated heterocycles. The minimum absolute atomic E-state index is 0.425. The van der Waals surface area contributed by atoms with Crippen molar-refractivity contribution in [3.63, 3.8) is 0 Å².